The molecule has 0 N–H and O–H groups in total. The molecular weight excluding hydrogens is 260 g/mol. The zero-order valence-corrected chi connectivity index (χ0v) is 13.3. The molecule has 4 nitrogen and oxygen atoms in total. The number of hydrogen-bond donors (Lipinski definition) is 0. The summed E-state index contributed by atoms with van der Waals surface area (Å²) in [5, 5.41) is 0. The van der Waals surface area contributed by atoms with Crippen LogP contribution in [0, 0.1) is 6.67 Å². The molecule has 2 fully saturated rings. The van der Waals surface area contributed by atoms with Crippen LogP contribution in [-0.4, -0.2) is 85.0 Å². The second kappa shape index (κ2) is 8.28. The van der Waals surface area contributed by atoms with Crippen molar-refractivity contribution in [3.05, 3.63) is 18.8 Å². The first-order valence-electron chi connectivity index (χ1n) is 8.76. The molecule has 0 aromatic carbocycles. The van der Waals surface area contributed by atoms with Gasteiger partial charge < -0.3 is 4.90 Å². The molecule has 2 radical (unpaired) electrons. The summed E-state index contributed by atoms with van der Waals surface area (Å²) in [5.41, 5.74) is 0. The van der Waals surface area contributed by atoms with Gasteiger partial charge in [-0.25, -0.2) is 0 Å². The average Bonchev–Trinajstić information content (AvgIpc) is 3.18. The Morgan fingerprint density at radius 2 is 1.52 bits per heavy atom. The van der Waals surface area contributed by atoms with Crippen LogP contribution in [0.1, 0.15) is 25.7 Å². The molecule has 0 spiro atoms. The van der Waals surface area contributed by atoms with E-state index in [0.717, 1.165) is 19.6 Å². The Morgan fingerprint density at radius 1 is 0.714 bits per heavy atom. The molecule has 0 atom stereocenters. The Hall–Kier alpha value is -0.420. The smallest absolute Gasteiger partial charge is 0.146 e. The van der Waals surface area contributed by atoms with Crippen LogP contribution in [0.3, 0.4) is 0 Å². The first-order valence-corrected chi connectivity index (χ1v) is 8.76. The maximum atomic E-state index is 3.56. The van der Waals surface area contributed by atoms with Crippen LogP contribution in [-0.2, 0) is 0 Å². The van der Waals surface area contributed by atoms with Gasteiger partial charge in [0.2, 0.25) is 0 Å². The monoisotopic (exact) mass is 290 g/mol. The van der Waals surface area contributed by atoms with Crippen LogP contribution >= 0.6 is 0 Å². The summed E-state index contributed by atoms with van der Waals surface area (Å²) in [5.74, 6) is 0. The second-order valence-corrected chi connectivity index (χ2v) is 6.54. The van der Waals surface area contributed by atoms with Crippen molar-refractivity contribution in [2.24, 2.45) is 0 Å². The van der Waals surface area contributed by atoms with E-state index >= 15 is 0 Å². The lowest BCUT2D eigenvalue weighted by molar-refractivity contribution is 0.240. The molecule has 0 unspecified atom stereocenters. The van der Waals surface area contributed by atoms with Gasteiger partial charge >= 0.3 is 0 Å². The average molecular weight is 290 g/mol. The largest absolute Gasteiger partial charge is 0.303 e. The fourth-order valence-electron chi connectivity index (χ4n) is 3.51. The molecule has 0 bridgehead atoms. The van der Waals surface area contributed by atoms with E-state index < -0.39 is 0 Å². The summed E-state index contributed by atoms with van der Waals surface area (Å²) >= 11 is 0. The van der Waals surface area contributed by atoms with Gasteiger partial charge in [0.1, 0.15) is 6.67 Å². The molecule has 0 aromatic rings. The predicted octanol–water partition coefficient (Wildman–Crippen LogP) is 1.35. The Kier molecular flexibility index (Phi) is 6.10. The van der Waals surface area contributed by atoms with Gasteiger partial charge in [-0.15, -0.1) is 0 Å². The summed E-state index contributed by atoms with van der Waals surface area (Å²) < 4.78 is 0. The van der Waals surface area contributed by atoms with E-state index in [9.17, 15) is 0 Å². The van der Waals surface area contributed by atoms with E-state index in [4.69, 9.17) is 0 Å². The highest BCUT2D eigenvalue weighted by Crippen LogP contribution is 2.12. The van der Waals surface area contributed by atoms with Crippen LogP contribution in [0.4, 0.5) is 0 Å². The summed E-state index contributed by atoms with van der Waals surface area (Å²) in [4.78, 5) is 9.93. The molecule has 21 heavy (non-hydrogen) atoms. The van der Waals surface area contributed by atoms with E-state index in [2.05, 4.69) is 38.4 Å². The summed E-state index contributed by atoms with van der Waals surface area (Å²) in [6.07, 6.45) is 9.91. The number of rotatable bonds is 7. The van der Waals surface area contributed by atoms with Crippen LogP contribution in [0.2, 0.25) is 0 Å². The van der Waals surface area contributed by atoms with E-state index in [0.29, 0.717) is 0 Å². The summed E-state index contributed by atoms with van der Waals surface area (Å²) in [6, 6.07) is 0. The predicted molar refractivity (Wildman–Crippen MR) is 86.9 cm³/mol. The molecule has 0 aliphatic carbocycles. The fraction of sp³-hybridized carbons (Fsp3) is 0.824. The molecule has 3 aliphatic rings. The van der Waals surface area contributed by atoms with Crippen molar-refractivity contribution in [2.45, 2.75) is 25.7 Å². The zero-order chi connectivity index (χ0) is 14.3. The van der Waals surface area contributed by atoms with Gasteiger partial charge in [-0.05, 0) is 45.3 Å². The van der Waals surface area contributed by atoms with Crippen molar-refractivity contribution in [2.75, 3.05) is 65.4 Å². The highest BCUT2D eigenvalue weighted by atomic mass is 15.4. The van der Waals surface area contributed by atoms with Gasteiger partial charge in [-0.2, -0.15) is 0 Å². The zero-order valence-electron chi connectivity index (χ0n) is 13.3. The second-order valence-electron chi connectivity index (χ2n) is 6.54. The van der Waals surface area contributed by atoms with Gasteiger partial charge in [0, 0.05) is 45.8 Å². The molecule has 0 amide bonds. The topological polar surface area (TPSA) is 13.0 Å². The molecule has 0 aromatic heterocycles. The maximum absolute atomic E-state index is 3.56. The van der Waals surface area contributed by atoms with Crippen molar-refractivity contribution in [3.63, 3.8) is 0 Å². The standard InChI is InChI=1S/C17H30N4/c1-2-7-19(8-3-1)13-14-21-16-15-20(17-21)12-6-11-18-9-4-5-10-18/h1-2H,3-16H2. The minimum absolute atomic E-state index is 1.13. The minimum Gasteiger partial charge on any atom is -0.303 e. The van der Waals surface area contributed by atoms with E-state index in [-0.39, 0.29) is 0 Å². The van der Waals surface area contributed by atoms with Crippen molar-refractivity contribution >= 4 is 0 Å². The molecule has 2 saturated heterocycles. The highest BCUT2D eigenvalue weighted by molar-refractivity contribution is 4.91. The van der Waals surface area contributed by atoms with E-state index in [1.54, 1.807) is 0 Å². The molecule has 0 saturated carbocycles. The minimum atomic E-state index is 1.13. The van der Waals surface area contributed by atoms with Crippen molar-refractivity contribution in [1.82, 2.24) is 19.6 Å². The van der Waals surface area contributed by atoms with Gasteiger partial charge in [0.15, 0.2) is 0 Å². The number of hydrogen-bond acceptors (Lipinski definition) is 4. The van der Waals surface area contributed by atoms with Crippen LogP contribution < -0.4 is 0 Å². The molecular formula is C17H30N4. The summed E-state index contributed by atoms with van der Waals surface area (Å²) in [7, 11) is 0. The quantitative estimate of drug-likeness (QED) is 0.656. The van der Waals surface area contributed by atoms with Gasteiger partial charge in [0.05, 0.1) is 0 Å². The molecule has 3 aliphatic heterocycles. The van der Waals surface area contributed by atoms with E-state index in [1.807, 2.05) is 0 Å². The van der Waals surface area contributed by atoms with Crippen LogP contribution in [0.15, 0.2) is 12.2 Å². The number of likely N-dealkylation sites (tertiary alicyclic amines) is 1. The molecule has 4 heteroatoms. The third-order valence-corrected chi connectivity index (χ3v) is 4.85. The first kappa shape index (κ1) is 15.5. The van der Waals surface area contributed by atoms with Crippen molar-refractivity contribution < 1.29 is 0 Å². The van der Waals surface area contributed by atoms with E-state index in [1.165, 1.54) is 71.5 Å². The Bertz CT molecular complexity index is 325. The van der Waals surface area contributed by atoms with Crippen molar-refractivity contribution in [1.29, 1.82) is 0 Å². The van der Waals surface area contributed by atoms with Crippen LogP contribution in [0.25, 0.3) is 0 Å². The third kappa shape index (κ3) is 5.06. The van der Waals surface area contributed by atoms with Crippen LogP contribution in [0.5, 0.6) is 0 Å². The summed E-state index contributed by atoms with van der Waals surface area (Å²) in [6.45, 7) is 15.7. The SMILES string of the molecule is [C]1N(CCCN2CCCC2)CCN1CCN1CC=CCC1. The molecule has 3 heterocycles. The highest BCUT2D eigenvalue weighted by Gasteiger charge is 2.22. The normalized spacial score (nSPS) is 26.1. The molecule has 3 rings (SSSR count). The number of nitrogens with zero attached hydrogens (tertiary/aromatic N) is 4. The maximum Gasteiger partial charge on any atom is 0.146 e. The third-order valence-electron chi connectivity index (χ3n) is 4.85. The fourth-order valence-corrected chi connectivity index (χ4v) is 3.51. The van der Waals surface area contributed by atoms with Gasteiger partial charge in [-0.3, -0.25) is 14.7 Å². The van der Waals surface area contributed by atoms with Crippen molar-refractivity contribution in [3.8, 4) is 0 Å². The van der Waals surface area contributed by atoms with Gasteiger partial charge in [-0.1, -0.05) is 12.2 Å². The Labute approximate surface area is 130 Å². The van der Waals surface area contributed by atoms with Gasteiger partial charge in [0.25, 0.3) is 0 Å². The lowest BCUT2D eigenvalue weighted by atomic mass is 10.2. The molecule has 118 valence electrons. The lowest BCUT2D eigenvalue weighted by Gasteiger charge is -2.25. The Morgan fingerprint density at radius 3 is 2.29 bits per heavy atom. The lowest BCUT2D eigenvalue weighted by Crippen LogP contribution is -2.35. The first-order chi connectivity index (χ1) is 10.4. The Balaban J connectivity index is 1.25.